The molecular formula is C23H29N3O5. The Labute approximate surface area is 182 Å². The molecule has 0 bridgehead atoms. The number of unbranched alkanes of at least 4 members (excludes halogenated alkanes) is 2. The van der Waals surface area contributed by atoms with Crippen molar-refractivity contribution in [2.24, 2.45) is 5.10 Å². The SMILES string of the molecule is CCCCCOc1c(C=NNC(=O)CC(=O)Nc2ccc(OC)cc2)cccc1OC. The Bertz CT molecular complexity index is 881. The number of hydrazone groups is 1. The second-order valence-corrected chi connectivity index (χ2v) is 6.68. The molecule has 0 aliphatic heterocycles. The molecule has 2 amide bonds. The number of nitrogens with zero attached hydrogens (tertiary/aromatic N) is 1. The van der Waals surface area contributed by atoms with Gasteiger partial charge in [-0.15, -0.1) is 0 Å². The second-order valence-electron chi connectivity index (χ2n) is 6.68. The summed E-state index contributed by atoms with van der Waals surface area (Å²) in [6.07, 6.45) is 4.22. The molecule has 2 rings (SSSR count). The van der Waals surface area contributed by atoms with Crippen molar-refractivity contribution in [2.75, 3.05) is 26.1 Å². The van der Waals surface area contributed by atoms with E-state index in [1.54, 1.807) is 44.6 Å². The Kier molecular flexibility index (Phi) is 9.87. The van der Waals surface area contributed by atoms with Gasteiger partial charge in [-0.2, -0.15) is 5.10 Å². The summed E-state index contributed by atoms with van der Waals surface area (Å²) in [6.45, 7) is 2.69. The number of methoxy groups -OCH3 is 2. The highest BCUT2D eigenvalue weighted by atomic mass is 16.5. The van der Waals surface area contributed by atoms with E-state index in [4.69, 9.17) is 14.2 Å². The maximum absolute atomic E-state index is 12.0. The number of anilines is 1. The monoisotopic (exact) mass is 427 g/mol. The highest BCUT2D eigenvalue weighted by Gasteiger charge is 2.11. The zero-order valence-corrected chi connectivity index (χ0v) is 18.1. The third-order valence-corrected chi connectivity index (χ3v) is 4.31. The van der Waals surface area contributed by atoms with Crippen molar-refractivity contribution in [1.29, 1.82) is 0 Å². The van der Waals surface area contributed by atoms with Crippen molar-refractivity contribution >= 4 is 23.7 Å². The van der Waals surface area contributed by atoms with E-state index >= 15 is 0 Å². The number of carbonyl (C=O) groups excluding carboxylic acids is 2. The molecule has 8 heteroatoms. The van der Waals surface area contributed by atoms with E-state index in [1.165, 1.54) is 6.21 Å². The lowest BCUT2D eigenvalue weighted by molar-refractivity contribution is -0.126. The van der Waals surface area contributed by atoms with Gasteiger partial charge in [0.25, 0.3) is 0 Å². The van der Waals surface area contributed by atoms with E-state index in [0.29, 0.717) is 35.1 Å². The van der Waals surface area contributed by atoms with Crippen LogP contribution in [0.3, 0.4) is 0 Å². The summed E-state index contributed by atoms with van der Waals surface area (Å²) in [4.78, 5) is 24.1. The van der Waals surface area contributed by atoms with Crippen LogP contribution < -0.4 is 25.0 Å². The van der Waals surface area contributed by atoms with Crippen LogP contribution in [0.2, 0.25) is 0 Å². The average molecular weight is 428 g/mol. The van der Waals surface area contributed by atoms with Crippen molar-refractivity contribution in [2.45, 2.75) is 32.6 Å². The molecule has 0 atom stereocenters. The molecule has 2 N–H and O–H groups in total. The smallest absolute Gasteiger partial charge is 0.249 e. The van der Waals surface area contributed by atoms with Crippen LogP contribution in [0.25, 0.3) is 0 Å². The molecular weight excluding hydrogens is 398 g/mol. The average Bonchev–Trinajstić information content (AvgIpc) is 2.77. The minimum atomic E-state index is -0.532. The van der Waals surface area contributed by atoms with Crippen LogP contribution >= 0.6 is 0 Å². The van der Waals surface area contributed by atoms with Crippen molar-refractivity contribution in [3.8, 4) is 17.2 Å². The van der Waals surface area contributed by atoms with Gasteiger partial charge >= 0.3 is 0 Å². The minimum absolute atomic E-state index is 0.359. The molecule has 166 valence electrons. The molecule has 31 heavy (non-hydrogen) atoms. The first-order chi connectivity index (χ1) is 15.1. The maximum atomic E-state index is 12.0. The predicted octanol–water partition coefficient (Wildman–Crippen LogP) is 3.75. The Morgan fingerprint density at radius 3 is 2.45 bits per heavy atom. The lowest BCUT2D eigenvalue weighted by Crippen LogP contribution is -2.24. The van der Waals surface area contributed by atoms with E-state index in [-0.39, 0.29) is 6.42 Å². The van der Waals surface area contributed by atoms with E-state index in [2.05, 4.69) is 22.8 Å². The molecule has 0 spiro atoms. The number of hydrogen-bond donors (Lipinski definition) is 2. The van der Waals surface area contributed by atoms with E-state index < -0.39 is 11.8 Å². The number of nitrogens with one attached hydrogen (secondary N) is 2. The van der Waals surface area contributed by atoms with Crippen LogP contribution in [-0.2, 0) is 9.59 Å². The lowest BCUT2D eigenvalue weighted by atomic mass is 10.2. The van der Waals surface area contributed by atoms with Crippen LogP contribution in [0.1, 0.15) is 38.2 Å². The molecule has 0 aromatic heterocycles. The van der Waals surface area contributed by atoms with Gasteiger partial charge in [-0.05, 0) is 42.8 Å². The van der Waals surface area contributed by atoms with Crippen LogP contribution in [0.5, 0.6) is 17.2 Å². The maximum Gasteiger partial charge on any atom is 0.249 e. The summed E-state index contributed by atoms with van der Waals surface area (Å²) in [5, 5.41) is 6.59. The summed E-state index contributed by atoms with van der Waals surface area (Å²) in [5.74, 6) is 0.855. The number of ether oxygens (including phenoxy) is 3. The van der Waals surface area contributed by atoms with Crippen LogP contribution in [0.15, 0.2) is 47.6 Å². The first kappa shape index (κ1) is 23.7. The molecule has 0 aliphatic carbocycles. The second kappa shape index (κ2) is 12.9. The number of rotatable bonds is 12. The van der Waals surface area contributed by atoms with Crippen molar-refractivity contribution in [3.05, 3.63) is 48.0 Å². The van der Waals surface area contributed by atoms with Gasteiger partial charge in [0, 0.05) is 11.3 Å². The van der Waals surface area contributed by atoms with Gasteiger partial charge in [-0.3, -0.25) is 9.59 Å². The molecule has 0 aliphatic rings. The first-order valence-corrected chi connectivity index (χ1v) is 10.1. The molecule has 0 fully saturated rings. The largest absolute Gasteiger partial charge is 0.497 e. The predicted molar refractivity (Wildman–Crippen MR) is 120 cm³/mol. The molecule has 0 unspecified atom stereocenters. The Morgan fingerprint density at radius 2 is 1.77 bits per heavy atom. The van der Waals surface area contributed by atoms with Gasteiger partial charge in [0.05, 0.1) is 27.0 Å². The molecule has 0 heterocycles. The Morgan fingerprint density at radius 1 is 1.00 bits per heavy atom. The highest BCUT2D eigenvalue weighted by Crippen LogP contribution is 2.30. The van der Waals surface area contributed by atoms with Crippen LogP contribution in [-0.4, -0.2) is 38.9 Å². The van der Waals surface area contributed by atoms with Gasteiger partial charge < -0.3 is 19.5 Å². The number of amides is 2. The van der Waals surface area contributed by atoms with Crippen LogP contribution in [0, 0.1) is 0 Å². The van der Waals surface area contributed by atoms with Gasteiger partial charge in [0.1, 0.15) is 12.2 Å². The van der Waals surface area contributed by atoms with Gasteiger partial charge in [-0.25, -0.2) is 5.43 Å². The van der Waals surface area contributed by atoms with Gasteiger partial charge in [0.15, 0.2) is 11.5 Å². The van der Waals surface area contributed by atoms with Crippen molar-refractivity contribution in [1.82, 2.24) is 5.43 Å². The number of benzene rings is 2. The molecule has 0 saturated carbocycles. The highest BCUT2D eigenvalue weighted by molar-refractivity contribution is 6.03. The molecule has 2 aromatic rings. The molecule has 0 radical (unpaired) electrons. The van der Waals surface area contributed by atoms with Crippen molar-refractivity contribution in [3.63, 3.8) is 0 Å². The topological polar surface area (TPSA) is 98.2 Å². The van der Waals surface area contributed by atoms with Crippen LogP contribution in [0.4, 0.5) is 5.69 Å². The van der Waals surface area contributed by atoms with E-state index in [9.17, 15) is 9.59 Å². The van der Waals surface area contributed by atoms with Crippen molar-refractivity contribution < 1.29 is 23.8 Å². The summed E-state index contributed by atoms with van der Waals surface area (Å²) in [7, 11) is 3.13. The lowest BCUT2D eigenvalue weighted by Gasteiger charge is -2.13. The van der Waals surface area contributed by atoms with E-state index in [0.717, 1.165) is 19.3 Å². The first-order valence-electron chi connectivity index (χ1n) is 10.1. The standard InChI is InChI=1S/C23H29N3O5/c1-4-5-6-14-31-23-17(8-7-9-20(23)30-3)16-24-26-22(28)15-21(27)25-18-10-12-19(29-2)13-11-18/h7-13,16H,4-6,14-15H2,1-3H3,(H,25,27)(H,26,28). The third-order valence-electron chi connectivity index (χ3n) is 4.31. The Hall–Kier alpha value is -3.55. The van der Waals surface area contributed by atoms with E-state index in [1.807, 2.05) is 12.1 Å². The molecule has 0 saturated heterocycles. The minimum Gasteiger partial charge on any atom is -0.497 e. The Balaban J connectivity index is 1.90. The summed E-state index contributed by atoms with van der Waals surface area (Å²) in [5.41, 5.74) is 3.60. The fourth-order valence-corrected chi connectivity index (χ4v) is 2.71. The molecule has 8 nitrogen and oxygen atoms in total. The zero-order valence-electron chi connectivity index (χ0n) is 18.1. The fraction of sp³-hybridized carbons (Fsp3) is 0.348. The fourth-order valence-electron chi connectivity index (χ4n) is 2.71. The number of hydrogen-bond acceptors (Lipinski definition) is 6. The normalized spacial score (nSPS) is 10.5. The zero-order chi connectivity index (χ0) is 22.5. The number of carbonyl (C=O) groups is 2. The number of para-hydroxylation sites is 1. The summed E-state index contributed by atoms with van der Waals surface area (Å²) in [6, 6.07) is 12.2. The third kappa shape index (κ3) is 8.00. The quantitative estimate of drug-likeness (QED) is 0.233. The van der Waals surface area contributed by atoms with Gasteiger partial charge in [0.2, 0.25) is 11.8 Å². The summed E-state index contributed by atoms with van der Waals surface area (Å²) < 4.78 is 16.3. The molecule has 2 aromatic carbocycles. The summed E-state index contributed by atoms with van der Waals surface area (Å²) >= 11 is 0. The van der Waals surface area contributed by atoms with Gasteiger partial charge in [-0.1, -0.05) is 25.8 Å².